The minimum Gasteiger partial charge on any atom is -0.370 e. The molecule has 1 heterocycles. The number of nitrogens with one attached hydrogen (secondary N) is 1. The maximum absolute atomic E-state index is 5.75. The highest BCUT2D eigenvalue weighted by atomic mass is 127. The van der Waals surface area contributed by atoms with Gasteiger partial charge in [-0.05, 0) is 58.2 Å². The van der Waals surface area contributed by atoms with Crippen molar-refractivity contribution in [3.8, 4) is 0 Å². The maximum Gasteiger partial charge on any atom is 0.188 e. The van der Waals surface area contributed by atoms with E-state index in [4.69, 9.17) is 5.73 Å². The van der Waals surface area contributed by atoms with Crippen LogP contribution in [-0.2, 0) is 0 Å². The quantitative estimate of drug-likeness (QED) is 0.230. The second-order valence-corrected chi connectivity index (χ2v) is 5.82. The fourth-order valence-electron chi connectivity index (χ4n) is 2.24. The Morgan fingerprint density at radius 1 is 1.35 bits per heavy atom. The van der Waals surface area contributed by atoms with Crippen molar-refractivity contribution in [3.05, 3.63) is 12.2 Å². The summed E-state index contributed by atoms with van der Waals surface area (Å²) in [4.78, 5) is 6.77. The van der Waals surface area contributed by atoms with E-state index in [9.17, 15) is 0 Å². The minimum absolute atomic E-state index is 0. The van der Waals surface area contributed by atoms with Gasteiger partial charge in [-0.15, -0.1) is 24.0 Å². The molecule has 0 amide bonds. The lowest BCUT2D eigenvalue weighted by atomic mass is 9.99. The van der Waals surface area contributed by atoms with Crippen LogP contribution in [0.25, 0.3) is 0 Å². The van der Waals surface area contributed by atoms with E-state index >= 15 is 0 Å². The van der Waals surface area contributed by atoms with Gasteiger partial charge in [0.2, 0.25) is 0 Å². The topological polar surface area (TPSA) is 53.6 Å². The Bertz CT molecular complexity index is 296. The van der Waals surface area contributed by atoms with Crippen LogP contribution in [0.2, 0.25) is 0 Å². The lowest BCUT2D eigenvalue weighted by Gasteiger charge is -2.30. The van der Waals surface area contributed by atoms with Crippen molar-refractivity contribution in [2.45, 2.75) is 39.5 Å². The zero-order valence-corrected chi connectivity index (χ0v) is 15.4. The van der Waals surface area contributed by atoms with E-state index in [2.05, 4.69) is 28.7 Å². The van der Waals surface area contributed by atoms with Crippen LogP contribution in [-0.4, -0.2) is 43.6 Å². The average molecular weight is 394 g/mol. The van der Waals surface area contributed by atoms with Crippen LogP contribution in [0, 0.1) is 5.92 Å². The van der Waals surface area contributed by atoms with Crippen molar-refractivity contribution >= 4 is 29.9 Å². The molecule has 0 aromatic rings. The molecule has 0 radical (unpaired) electrons. The van der Waals surface area contributed by atoms with Crippen molar-refractivity contribution in [2.75, 3.05) is 32.7 Å². The maximum atomic E-state index is 5.75. The highest BCUT2D eigenvalue weighted by Crippen LogP contribution is 2.15. The number of likely N-dealkylation sites (tertiary alicyclic amines) is 1. The molecule has 3 N–H and O–H groups in total. The Hall–Kier alpha value is -0.300. The van der Waals surface area contributed by atoms with Gasteiger partial charge in [-0.2, -0.15) is 0 Å². The van der Waals surface area contributed by atoms with E-state index in [-0.39, 0.29) is 24.0 Å². The molecular formula is C15H31IN4. The van der Waals surface area contributed by atoms with E-state index in [1.807, 2.05) is 6.92 Å². The van der Waals surface area contributed by atoms with Crippen LogP contribution >= 0.6 is 24.0 Å². The number of rotatable bonds is 7. The van der Waals surface area contributed by atoms with Gasteiger partial charge in [0.05, 0.1) is 6.54 Å². The van der Waals surface area contributed by atoms with Crippen LogP contribution in [0.4, 0.5) is 0 Å². The molecule has 0 saturated carbocycles. The van der Waals surface area contributed by atoms with Gasteiger partial charge < -0.3 is 16.0 Å². The second kappa shape index (κ2) is 11.4. The number of hydrogen-bond donors (Lipinski definition) is 2. The van der Waals surface area contributed by atoms with E-state index in [0.717, 1.165) is 24.5 Å². The van der Waals surface area contributed by atoms with Crippen molar-refractivity contribution in [1.29, 1.82) is 0 Å². The number of guanidine groups is 1. The van der Waals surface area contributed by atoms with E-state index in [1.165, 1.54) is 38.9 Å². The van der Waals surface area contributed by atoms with E-state index < -0.39 is 0 Å². The lowest BCUT2D eigenvalue weighted by Crippen LogP contribution is -2.35. The first-order chi connectivity index (χ1) is 9.08. The van der Waals surface area contributed by atoms with Crippen LogP contribution in [0.15, 0.2) is 17.1 Å². The van der Waals surface area contributed by atoms with E-state index in [1.54, 1.807) is 0 Å². The molecule has 4 nitrogen and oxygen atoms in total. The number of unbranched alkanes of at least 4 members (excludes halogenated alkanes) is 1. The number of hydrogen-bond acceptors (Lipinski definition) is 2. The highest BCUT2D eigenvalue weighted by Gasteiger charge is 2.14. The largest absolute Gasteiger partial charge is 0.370 e. The molecule has 1 fully saturated rings. The zero-order chi connectivity index (χ0) is 14.1. The summed E-state index contributed by atoms with van der Waals surface area (Å²) in [6, 6.07) is 0. The third-order valence-electron chi connectivity index (χ3n) is 3.60. The molecule has 1 aliphatic heterocycles. The summed E-state index contributed by atoms with van der Waals surface area (Å²) in [5, 5.41) is 3.15. The summed E-state index contributed by atoms with van der Waals surface area (Å²) in [5.41, 5.74) is 6.78. The first-order valence-corrected chi connectivity index (χ1v) is 7.48. The predicted octanol–water partition coefficient (Wildman–Crippen LogP) is 2.60. The summed E-state index contributed by atoms with van der Waals surface area (Å²) in [6.07, 6.45) is 5.10. The summed E-state index contributed by atoms with van der Waals surface area (Å²) in [7, 11) is 0. The SMILES string of the molecule is C=C(C)CN=C(N)NCCCCN1CCC(C)CC1.I. The van der Waals surface area contributed by atoms with Gasteiger partial charge in [-0.25, -0.2) is 4.99 Å². The minimum atomic E-state index is 0. The Labute approximate surface area is 141 Å². The number of halogens is 1. The number of piperidine rings is 1. The third kappa shape index (κ3) is 9.58. The van der Waals surface area contributed by atoms with Crippen molar-refractivity contribution in [2.24, 2.45) is 16.6 Å². The predicted molar refractivity (Wildman–Crippen MR) is 98.8 cm³/mol. The molecular weight excluding hydrogens is 363 g/mol. The molecule has 118 valence electrons. The highest BCUT2D eigenvalue weighted by molar-refractivity contribution is 14.0. The summed E-state index contributed by atoms with van der Waals surface area (Å²) >= 11 is 0. The lowest BCUT2D eigenvalue weighted by molar-refractivity contribution is 0.189. The Balaban J connectivity index is 0.00000361. The van der Waals surface area contributed by atoms with E-state index in [0.29, 0.717) is 12.5 Å². The molecule has 1 saturated heterocycles. The van der Waals surface area contributed by atoms with Gasteiger partial charge in [-0.3, -0.25) is 0 Å². The molecule has 1 aliphatic rings. The Kier molecular flexibility index (Phi) is 11.2. The molecule has 0 spiro atoms. The normalized spacial score (nSPS) is 17.6. The second-order valence-electron chi connectivity index (χ2n) is 5.82. The average Bonchev–Trinajstić information content (AvgIpc) is 2.38. The van der Waals surface area contributed by atoms with Crippen LogP contribution in [0.5, 0.6) is 0 Å². The molecule has 0 unspecified atom stereocenters. The molecule has 0 aromatic carbocycles. The molecule has 0 aliphatic carbocycles. The van der Waals surface area contributed by atoms with Gasteiger partial charge in [0.1, 0.15) is 0 Å². The Morgan fingerprint density at radius 3 is 2.60 bits per heavy atom. The van der Waals surface area contributed by atoms with Crippen molar-refractivity contribution in [3.63, 3.8) is 0 Å². The molecule has 0 atom stereocenters. The molecule has 0 aromatic heterocycles. The first kappa shape index (κ1) is 19.7. The van der Waals surface area contributed by atoms with Gasteiger partial charge in [-0.1, -0.05) is 19.1 Å². The summed E-state index contributed by atoms with van der Waals surface area (Å²) in [6.45, 7) is 13.4. The van der Waals surface area contributed by atoms with Crippen molar-refractivity contribution in [1.82, 2.24) is 10.2 Å². The van der Waals surface area contributed by atoms with Crippen LogP contribution in [0.3, 0.4) is 0 Å². The van der Waals surface area contributed by atoms with Gasteiger partial charge in [0, 0.05) is 6.54 Å². The molecule has 5 heteroatoms. The monoisotopic (exact) mass is 394 g/mol. The number of nitrogens with zero attached hydrogens (tertiary/aromatic N) is 2. The summed E-state index contributed by atoms with van der Waals surface area (Å²) < 4.78 is 0. The fourth-order valence-corrected chi connectivity index (χ4v) is 2.24. The van der Waals surface area contributed by atoms with Crippen LogP contribution < -0.4 is 11.1 Å². The fraction of sp³-hybridized carbons (Fsp3) is 0.800. The third-order valence-corrected chi connectivity index (χ3v) is 3.60. The van der Waals surface area contributed by atoms with Gasteiger partial charge >= 0.3 is 0 Å². The molecule has 20 heavy (non-hydrogen) atoms. The van der Waals surface area contributed by atoms with Gasteiger partial charge in [0.25, 0.3) is 0 Å². The Morgan fingerprint density at radius 2 is 2.00 bits per heavy atom. The molecule has 0 bridgehead atoms. The standard InChI is InChI=1S/C15H30N4.HI/c1-13(2)12-18-15(16)17-8-4-5-9-19-10-6-14(3)7-11-19;/h14H,1,4-12H2,2-3H3,(H3,16,17,18);1H. The zero-order valence-electron chi connectivity index (χ0n) is 13.0. The van der Waals surface area contributed by atoms with Crippen molar-refractivity contribution < 1.29 is 0 Å². The summed E-state index contributed by atoms with van der Waals surface area (Å²) in [5.74, 6) is 1.46. The molecule has 1 rings (SSSR count). The smallest absolute Gasteiger partial charge is 0.188 e. The van der Waals surface area contributed by atoms with Gasteiger partial charge in [0.15, 0.2) is 5.96 Å². The number of aliphatic imine (C=N–C) groups is 1. The first-order valence-electron chi connectivity index (χ1n) is 7.48. The number of nitrogens with two attached hydrogens (primary N) is 1. The van der Waals surface area contributed by atoms with Crippen LogP contribution in [0.1, 0.15) is 39.5 Å².